The fraction of sp³-hybridized carbons (Fsp3) is 0.150. The number of rotatable bonds is 4. The maximum atomic E-state index is 12.9. The Balaban J connectivity index is 1.75. The zero-order valence-electron chi connectivity index (χ0n) is 15.4. The number of carbonyl (C=O) groups excluding carboxylic acids is 2. The molecule has 2 aromatic rings. The number of nitrogens with one attached hydrogen (secondary N) is 1. The van der Waals surface area contributed by atoms with E-state index in [0.717, 1.165) is 28.8 Å². The average Bonchev–Trinajstić information content (AvgIpc) is 2.95. The largest absolute Gasteiger partial charge is 0.508 e. The van der Waals surface area contributed by atoms with Crippen LogP contribution in [0, 0.1) is 0 Å². The first-order chi connectivity index (χ1) is 14.1. The molecule has 1 fully saturated rings. The number of aromatic hydroxyl groups is 1. The maximum Gasteiger partial charge on any atom is 0.416 e. The molecule has 156 valence electrons. The number of thioether (sulfide) groups is 1. The van der Waals surface area contributed by atoms with Crippen molar-refractivity contribution in [1.82, 2.24) is 4.90 Å². The Hall–Kier alpha value is -2.85. The second kappa shape index (κ2) is 8.49. The molecule has 1 aliphatic rings. The third kappa shape index (κ3) is 4.82. The van der Waals surface area contributed by atoms with Crippen molar-refractivity contribution < 1.29 is 27.9 Å². The number of benzene rings is 2. The van der Waals surface area contributed by atoms with Crippen LogP contribution in [0.1, 0.15) is 18.1 Å². The molecule has 30 heavy (non-hydrogen) atoms. The Labute approximate surface area is 179 Å². The minimum Gasteiger partial charge on any atom is -0.508 e. The fourth-order valence-corrected chi connectivity index (χ4v) is 4.09. The van der Waals surface area contributed by atoms with Crippen LogP contribution in [0.15, 0.2) is 53.4 Å². The van der Waals surface area contributed by atoms with Gasteiger partial charge in [0.2, 0.25) is 5.91 Å². The van der Waals surface area contributed by atoms with Gasteiger partial charge in [0.05, 0.1) is 10.5 Å². The number of thiocarbonyl (C=S) groups is 1. The molecule has 10 heteroatoms. The van der Waals surface area contributed by atoms with Crippen molar-refractivity contribution in [2.45, 2.75) is 19.1 Å². The molecule has 1 heterocycles. The molecule has 1 aliphatic heterocycles. The summed E-state index contributed by atoms with van der Waals surface area (Å²) in [7, 11) is 0. The molecule has 1 saturated heterocycles. The molecule has 0 saturated carbocycles. The smallest absolute Gasteiger partial charge is 0.416 e. The summed E-state index contributed by atoms with van der Waals surface area (Å²) in [4.78, 5) is 26.7. The van der Waals surface area contributed by atoms with E-state index in [1.807, 2.05) is 0 Å². The maximum absolute atomic E-state index is 12.9. The molecule has 3 rings (SSSR count). The van der Waals surface area contributed by atoms with Crippen molar-refractivity contribution in [2.75, 3.05) is 5.32 Å². The van der Waals surface area contributed by atoms with Crippen molar-refractivity contribution in [3.63, 3.8) is 0 Å². The Kier molecular flexibility index (Phi) is 6.18. The van der Waals surface area contributed by atoms with E-state index in [4.69, 9.17) is 12.2 Å². The van der Waals surface area contributed by atoms with E-state index in [2.05, 4.69) is 5.32 Å². The lowest BCUT2D eigenvalue weighted by Gasteiger charge is -2.22. The number of nitrogens with zero attached hydrogens (tertiary/aromatic N) is 1. The predicted molar refractivity (Wildman–Crippen MR) is 113 cm³/mol. The minimum atomic E-state index is -4.54. The van der Waals surface area contributed by atoms with Gasteiger partial charge in [-0.15, -0.1) is 0 Å². The lowest BCUT2D eigenvalue weighted by atomic mass is 10.1. The first-order valence-corrected chi connectivity index (χ1v) is 9.83. The molecule has 2 amide bonds. The second-order valence-electron chi connectivity index (χ2n) is 6.39. The Morgan fingerprint density at radius 2 is 1.90 bits per heavy atom. The summed E-state index contributed by atoms with van der Waals surface area (Å²) in [6, 6.07) is 9.37. The predicted octanol–water partition coefficient (Wildman–Crippen LogP) is 4.64. The fourth-order valence-electron chi connectivity index (χ4n) is 2.67. The summed E-state index contributed by atoms with van der Waals surface area (Å²) in [5.41, 5.74) is -0.267. The SMILES string of the molecule is CC(C(=O)Nc1cccc(C(F)(F)F)c1)N1C(=O)/C(=C/c2ccc(O)cc2)SC1=S. The van der Waals surface area contributed by atoms with Crippen LogP contribution in [-0.4, -0.2) is 32.2 Å². The number of phenolic OH excluding ortho intramolecular Hbond substituents is 1. The van der Waals surface area contributed by atoms with E-state index in [-0.39, 0.29) is 15.8 Å². The van der Waals surface area contributed by atoms with Crippen LogP contribution in [-0.2, 0) is 15.8 Å². The summed E-state index contributed by atoms with van der Waals surface area (Å²) in [5.74, 6) is -1.07. The lowest BCUT2D eigenvalue weighted by Crippen LogP contribution is -2.44. The molecule has 1 atom stereocenters. The number of alkyl halides is 3. The highest BCUT2D eigenvalue weighted by Gasteiger charge is 2.38. The summed E-state index contributed by atoms with van der Waals surface area (Å²) in [6.07, 6.45) is -2.96. The third-order valence-corrected chi connectivity index (χ3v) is 5.57. The summed E-state index contributed by atoms with van der Waals surface area (Å²) in [6.45, 7) is 1.44. The first-order valence-electron chi connectivity index (χ1n) is 8.60. The molecule has 2 aromatic carbocycles. The highest BCUT2D eigenvalue weighted by Crippen LogP contribution is 2.35. The van der Waals surface area contributed by atoms with Crippen molar-refractivity contribution in [2.24, 2.45) is 0 Å². The number of halogens is 3. The number of hydrogen-bond donors (Lipinski definition) is 2. The quantitative estimate of drug-likeness (QED) is 0.523. The highest BCUT2D eigenvalue weighted by molar-refractivity contribution is 8.26. The van der Waals surface area contributed by atoms with E-state index in [9.17, 15) is 27.9 Å². The van der Waals surface area contributed by atoms with Gasteiger partial charge in [-0.1, -0.05) is 42.2 Å². The summed E-state index contributed by atoms with van der Waals surface area (Å²) >= 11 is 6.24. The van der Waals surface area contributed by atoms with Gasteiger partial charge in [-0.2, -0.15) is 13.2 Å². The molecule has 2 N–H and O–H groups in total. The highest BCUT2D eigenvalue weighted by atomic mass is 32.2. The van der Waals surface area contributed by atoms with E-state index in [0.29, 0.717) is 10.5 Å². The second-order valence-corrected chi connectivity index (χ2v) is 8.06. The van der Waals surface area contributed by atoms with Crippen molar-refractivity contribution in [3.05, 3.63) is 64.6 Å². The molecule has 1 unspecified atom stereocenters. The Morgan fingerprint density at radius 1 is 1.23 bits per heavy atom. The van der Waals surface area contributed by atoms with Gasteiger partial charge in [0.25, 0.3) is 5.91 Å². The summed E-state index contributed by atoms with van der Waals surface area (Å²) < 4.78 is 38.7. The monoisotopic (exact) mass is 452 g/mol. The van der Waals surface area contributed by atoms with Crippen LogP contribution in [0.25, 0.3) is 6.08 Å². The van der Waals surface area contributed by atoms with Crippen molar-refractivity contribution in [3.8, 4) is 5.75 Å². The number of amides is 2. The van der Waals surface area contributed by atoms with Crippen LogP contribution in [0.2, 0.25) is 0 Å². The number of carbonyl (C=O) groups is 2. The van der Waals surface area contributed by atoms with Crippen LogP contribution in [0.3, 0.4) is 0 Å². The molecule has 0 aromatic heterocycles. The average molecular weight is 452 g/mol. The van der Waals surface area contributed by atoms with Gasteiger partial charge in [-0.05, 0) is 48.9 Å². The van der Waals surface area contributed by atoms with Gasteiger partial charge < -0.3 is 10.4 Å². The van der Waals surface area contributed by atoms with E-state index < -0.39 is 29.6 Å². The topological polar surface area (TPSA) is 69.6 Å². The lowest BCUT2D eigenvalue weighted by molar-refractivity contribution is -0.137. The van der Waals surface area contributed by atoms with Crippen molar-refractivity contribution in [1.29, 1.82) is 0 Å². The van der Waals surface area contributed by atoms with Crippen molar-refractivity contribution >= 4 is 51.9 Å². The zero-order chi connectivity index (χ0) is 22.1. The summed E-state index contributed by atoms with van der Waals surface area (Å²) in [5, 5.41) is 11.7. The van der Waals surface area contributed by atoms with Gasteiger partial charge >= 0.3 is 6.18 Å². The first kappa shape index (κ1) is 21.8. The Bertz CT molecular complexity index is 1040. The van der Waals surface area contributed by atoms with Gasteiger partial charge in [0.1, 0.15) is 16.1 Å². The minimum absolute atomic E-state index is 0.0354. The van der Waals surface area contributed by atoms with E-state index in [1.165, 1.54) is 31.2 Å². The standard InChI is InChI=1S/C20H15F3N2O3S2/c1-11(17(27)24-14-4-2-3-13(10-14)20(21,22)23)25-18(28)16(30-19(25)29)9-12-5-7-15(26)8-6-12/h2-11,26H,1H3,(H,24,27)/b16-9-. The van der Waals surface area contributed by atoms with Crippen LogP contribution in [0.5, 0.6) is 5.75 Å². The molecule has 5 nitrogen and oxygen atoms in total. The van der Waals surface area contributed by atoms with Crippen LogP contribution in [0.4, 0.5) is 18.9 Å². The van der Waals surface area contributed by atoms with Gasteiger partial charge in [0.15, 0.2) is 0 Å². The molecule has 0 spiro atoms. The molecule has 0 radical (unpaired) electrons. The normalized spacial score (nSPS) is 16.8. The molecule has 0 aliphatic carbocycles. The third-order valence-electron chi connectivity index (χ3n) is 4.24. The van der Waals surface area contributed by atoms with Gasteiger partial charge in [0, 0.05) is 5.69 Å². The number of phenols is 1. The van der Waals surface area contributed by atoms with Gasteiger partial charge in [-0.3, -0.25) is 14.5 Å². The molecule has 0 bridgehead atoms. The molecular formula is C20H15F3N2O3S2. The number of hydrogen-bond acceptors (Lipinski definition) is 5. The molecular weight excluding hydrogens is 437 g/mol. The van der Waals surface area contributed by atoms with E-state index >= 15 is 0 Å². The Morgan fingerprint density at radius 3 is 2.53 bits per heavy atom. The van der Waals surface area contributed by atoms with Crippen LogP contribution >= 0.6 is 24.0 Å². The van der Waals surface area contributed by atoms with E-state index in [1.54, 1.807) is 18.2 Å². The zero-order valence-corrected chi connectivity index (χ0v) is 17.1. The van der Waals surface area contributed by atoms with Crippen LogP contribution < -0.4 is 5.32 Å². The number of anilines is 1. The van der Waals surface area contributed by atoms with Gasteiger partial charge in [-0.25, -0.2) is 0 Å².